The van der Waals surface area contributed by atoms with Crippen molar-refractivity contribution in [1.82, 2.24) is 5.43 Å². The lowest BCUT2D eigenvalue weighted by Crippen LogP contribution is -2.22. The summed E-state index contributed by atoms with van der Waals surface area (Å²) >= 11 is 0. The van der Waals surface area contributed by atoms with E-state index in [1.807, 2.05) is 0 Å². The minimum atomic E-state index is 0.971. The van der Waals surface area contributed by atoms with Gasteiger partial charge in [-0.3, -0.25) is 11.3 Å². The molecule has 0 spiro atoms. The average molecular weight is 369 g/mol. The first kappa shape index (κ1) is 25.9. The average Bonchev–Trinajstić information content (AvgIpc) is 2.66. The molecule has 0 unspecified atom stereocenters. The van der Waals surface area contributed by atoms with E-state index in [2.05, 4.69) is 12.3 Å². The molecular weight excluding hydrogens is 316 g/mol. The number of nitrogens with one attached hydrogen (secondary N) is 1. The molecule has 0 atom stereocenters. The van der Waals surface area contributed by atoms with E-state index in [0.29, 0.717) is 0 Å². The van der Waals surface area contributed by atoms with Crippen LogP contribution in [0.1, 0.15) is 148 Å². The van der Waals surface area contributed by atoms with Gasteiger partial charge in [-0.2, -0.15) is 0 Å². The van der Waals surface area contributed by atoms with Gasteiger partial charge in [-0.1, -0.05) is 142 Å². The van der Waals surface area contributed by atoms with Gasteiger partial charge in [0.05, 0.1) is 0 Å². The molecule has 0 saturated carbocycles. The molecule has 2 heteroatoms. The molecule has 0 aliphatic rings. The molecule has 0 fully saturated rings. The first-order chi connectivity index (χ1) is 12.9. The van der Waals surface area contributed by atoms with Crippen molar-refractivity contribution in [1.29, 1.82) is 0 Å². The van der Waals surface area contributed by atoms with Gasteiger partial charge in [-0.25, -0.2) is 0 Å². The Morgan fingerprint density at radius 1 is 0.385 bits per heavy atom. The Morgan fingerprint density at radius 3 is 0.846 bits per heavy atom. The van der Waals surface area contributed by atoms with Gasteiger partial charge in [-0.05, 0) is 6.42 Å². The van der Waals surface area contributed by atoms with E-state index in [0.717, 1.165) is 6.54 Å². The molecule has 0 amide bonds. The molecule has 0 aromatic carbocycles. The Bertz CT molecular complexity index is 206. The van der Waals surface area contributed by atoms with E-state index in [9.17, 15) is 0 Å². The summed E-state index contributed by atoms with van der Waals surface area (Å²) in [5.74, 6) is 5.27. The highest BCUT2D eigenvalue weighted by atomic mass is 15.2. The largest absolute Gasteiger partial charge is 0.271 e. The van der Waals surface area contributed by atoms with E-state index in [4.69, 9.17) is 5.84 Å². The number of hydrazine groups is 1. The second-order valence-electron chi connectivity index (χ2n) is 8.38. The first-order valence-corrected chi connectivity index (χ1v) is 12.3. The standard InChI is InChI=1S/C24H52N2/c1-2-3-4-5-6-7-8-9-10-11-12-13-14-15-16-17-18-19-20-21-22-23-24-26-25/h26H,2-25H2,1H3. The smallest absolute Gasteiger partial charge is 0.00974 e. The lowest BCUT2D eigenvalue weighted by molar-refractivity contribution is 0.518. The van der Waals surface area contributed by atoms with E-state index in [-0.39, 0.29) is 0 Å². The summed E-state index contributed by atoms with van der Waals surface area (Å²) in [5, 5.41) is 0. The first-order valence-electron chi connectivity index (χ1n) is 12.3. The van der Waals surface area contributed by atoms with E-state index < -0.39 is 0 Å². The molecule has 0 heterocycles. The monoisotopic (exact) mass is 368 g/mol. The van der Waals surface area contributed by atoms with Crippen LogP contribution < -0.4 is 11.3 Å². The highest BCUT2D eigenvalue weighted by Gasteiger charge is 1.95. The second-order valence-corrected chi connectivity index (χ2v) is 8.38. The van der Waals surface area contributed by atoms with E-state index in [1.54, 1.807) is 0 Å². The molecule has 0 aromatic heterocycles. The lowest BCUT2D eigenvalue weighted by Gasteiger charge is -2.04. The van der Waals surface area contributed by atoms with Crippen molar-refractivity contribution in [2.24, 2.45) is 5.84 Å². The molecule has 0 rings (SSSR count). The predicted molar refractivity (Wildman–Crippen MR) is 119 cm³/mol. The Hall–Kier alpha value is -0.0800. The van der Waals surface area contributed by atoms with Crippen LogP contribution in [-0.2, 0) is 0 Å². The van der Waals surface area contributed by atoms with Crippen LogP contribution in [-0.4, -0.2) is 6.54 Å². The molecule has 0 saturated heterocycles. The zero-order chi connectivity index (χ0) is 19.0. The van der Waals surface area contributed by atoms with Gasteiger partial charge in [-0.15, -0.1) is 0 Å². The topological polar surface area (TPSA) is 38.0 Å². The van der Waals surface area contributed by atoms with E-state index in [1.165, 1.54) is 141 Å². The quantitative estimate of drug-likeness (QED) is 0.109. The van der Waals surface area contributed by atoms with Gasteiger partial charge in [0, 0.05) is 6.54 Å². The Balaban J connectivity index is 2.95. The maximum atomic E-state index is 5.27. The number of hydrogen-bond acceptors (Lipinski definition) is 2. The van der Waals surface area contributed by atoms with Crippen LogP contribution >= 0.6 is 0 Å². The van der Waals surface area contributed by atoms with Gasteiger partial charge in [0.2, 0.25) is 0 Å². The number of rotatable bonds is 23. The molecule has 26 heavy (non-hydrogen) atoms. The van der Waals surface area contributed by atoms with Crippen LogP contribution in [0.25, 0.3) is 0 Å². The van der Waals surface area contributed by atoms with Crippen molar-refractivity contribution in [3.05, 3.63) is 0 Å². The molecule has 0 radical (unpaired) electrons. The van der Waals surface area contributed by atoms with Crippen LogP contribution in [0.3, 0.4) is 0 Å². The molecule has 0 bridgehead atoms. The number of unbranched alkanes of at least 4 members (excludes halogenated alkanes) is 21. The van der Waals surface area contributed by atoms with Crippen LogP contribution in [0.4, 0.5) is 0 Å². The molecular formula is C24H52N2. The van der Waals surface area contributed by atoms with Crippen LogP contribution in [0, 0.1) is 0 Å². The summed E-state index contributed by atoms with van der Waals surface area (Å²) in [6, 6.07) is 0. The SMILES string of the molecule is CCCCCCCCCCCCCCCCCCCCCCCCNN. The van der Waals surface area contributed by atoms with Gasteiger partial charge in [0.15, 0.2) is 0 Å². The summed E-state index contributed by atoms with van der Waals surface area (Å²) in [6.45, 7) is 3.27. The Kier molecular flexibility index (Phi) is 24.8. The van der Waals surface area contributed by atoms with E-state index >= 15 is 0 Å². The fraction of sp³-hybridized carbons (Fsp3) is 1.00. The van der Waals surface area contributed by atoms with Crippen LogP contribution in [0.2, 0.25) is 0 Å². The third kappa shape index (κ3) is 23.9. The fourth-order valence-corrected chi connectivity index (χ4v) is 3.84. The Labute approximate surface area is 166 Å². The molecule has 158 valence electrons. The molecule has 0 aliphatic carbocycles. The highest BCUT2D eigenvalue weighted by molar-refractivity contribution is 4.51. The summed E-state index contributed by atoms with van der Waals surface area (Å²) in [6.07, 6.45) is 31.7. The van der Waals surface area contributed by atoms with Gasteiger partial charge in [0.25, 0.3) is 0 Å². The number of hydrogen-bond donors (Lipinski definition) is 2. The molecule has 0 aliphatic heterocycles. The van der Waals surface area contributed by atoms with Crippen LogP contribution in [0.15, 0.2) is 0 Å². The summed E-state index contributed by atoms with van der Waals surface area (Å²) in [5.41, 5.74) is 2.73. The fourth-order valence-electron chi connectivity index (χ4n) is 3.84. The lowest BCUT2D eigenvalue weighted by atomic mass is 10.0. The molecule has 0 aromatic rings. The maximum Gasteiger partial charge on any atom is 0.00974 e. The molecule has 3 N–H and O–H groups in total. The second kappa shape index (κ2) is 24.9. The third-order valence-corrected chi connectivity index (χ3v) is 5.67. The predicted octanol–water partition coefficient (Wildman–Crippen LogP) is 8.05. The van der Waals surface area contributed by atoms with Crippen molar-refractivity contribution < 1.29 is 0 Å². The summed E-state index contributed by atoms with van der Waals surface area (Å²) in [7, 11) is 0. The van der Waals surface area contributed by atoms with Gasteiger partial charge < -0.3 is 0 Å². The van der Waals surface area contributed by atoms with Crippen molar-refractivity contribution in [2.45, 2.75) is 148 Å². The van der Waals surface area contributed by atoms with Gasteiger partial charge in [0.1, 0.15) is 0 Å². The zero-order valence-electron chi connectivity index (χ0n) is 18.3. The third-order valence-electron chi connectivity index (χ3n) is 5.67. The Morgan fingerprint density at radius 2 is 0.615 bits per heavy atom. The minimum absolute atomic E-state index is 0.971. The minimum Gasteiger partial charge on any atom is -0.271 e. The normalized spacial score (nSPS) is 11.3. The zero-order valence-corrected chi connectivity index (χ0v) is 18.3. The van der Waals surface area contributed by atoms with Gasteiger partial charge >= 0.3 is 0 Å². The maximum absolute atomic E-state index is 5.27. The number of nitrogens with two attached hydrogens (primary N) is 1. The highest BCUT2D eigenvalue weighted by Crippen LogP contribution is 2.15. The van der Waals surface area contributed by atoms with Crippen molar-refractivity contribution in [3.8, 4) is 0 Å². The molecule has 2 nitrogen and oxygen atoms in total. The van der Waals surface area contributed by atoms with Crippen LogP contribution in [0.5, 0.6) is 0 Å². The van der Waals surface area contributed by atoms with Crippen molar-refractivity contribution in [3.63, 3.8) is 0 Å². The summed E-state index contributed by atoms with van der Waals surface area (Å²) in [4.78, 5) is 0. The van der Waals surface area contributed by atoms with Crippen molar-refractivity contribution >= 4 is 0 Å². The summed E-state index contributed by atoms with van der Waals surface area (Å²) < 4.78 is 0. The van der Waals surface area contributed by atoms with Crippen molar-refractivity contribution in [2.75, 3.05) is 6.54 Å².